The van der Waals surface area contributed by atoms with Crippen LogP contribution in [-0.4, -0.2) is 10.9 Å². The molecule has 0 radical (unpaired) electrons. The molecule has 0 spiro atoms. The number of aromatic nitrogens is 2. The van der Waals surface area contributed by atoms with E-state index in [1.54, 1.807) is 23.5 Å². The zero-order chi connectivity index (χ0) is 15.1. The van der Waals surface area contributed by atoms with Crippen LogP contribution in [0.15, 0.2) is 52.5 Å². The van der Waals surface area contributed by atoms with Gasteiger partial charge in [-0.3, -0.25) is 9.42 Å². The number of thiophene rings is 2. The van der Waals surface area contributed by atoms with Gasteiger partial charge in [0, 0.05) is 26.5 Å². The van der Waals surface area contributed by atoms with Crippen molar-refractivity contribution in [1.82, 2.24) is 5.16 Å². The molecule has 3 aromatic heterocycles. The molecule has 0 atom stereocenters. The van der Waals surface area contributed by atoms with E-state index in [1.165, 1.54) is 17.4 Å². The second kappa shape index (κ2) is 5.04. The minimum absolute atomic E-state index is 0.115. The highest BCUT2D eigenvalue weighted by Gasteiger charge is 2.17. The van der Waals surface area contributed by atoms with Crippen LogP contribution in [0, 0.1) is 5.21 Å². The molecule has 0 unspecified atom stereocenters. The number of hydrogen-bond donors (Lipinski definition) is 0. The van der Waals surface area contributed by atoms with E-state index in [0.29, 0.717) is 20.9 Å². The molecular formula is C15H8N2O3S2. The summed E-state index contributed by atoms with van der Waals surface area (Å²) >= 11 is 3.08. The molecule has 5 nitrogen and oxygen atoms in total. The van der Waals surface area contributed by atoms with E-state index in [1.807, 2.05) is 29.6 Å². The SMILES string of the molecule is O=C(c1ccc2no[n+]([O-])c2c1)c1ccc(-c2cccs2)s1. The number of carbonyl (C=O) groups excluding carboxylic acids is 1. The Morgan fingerprint density at radius 1 is 1.18 bits per heavy atom. The summed E-state index contributed by atoms with van der Waals surface area (Å²) < 4.78 is 4.51. The lowest BCUT2D eigenvalue weighted by atomic mass is 10.1. The highest BCUT2D eigenvalue weighted by Crippen LogP contribution is 2.32. The lowest BCUT2D eigenvalue weighted by molar-refractivity contribution is -0.782. The van der Waals surface area contributed by atoms with Gasteiger partial charge in [0.15, 0.2) is 0 Å². The predicted octanol–water partition coefficient (Wildman–Crippen LogP) is 3.48. The lowest BCUT2D eigenvalue weighted by Crippen LogP contribution is -2.22. The Hall–Kier alpha value is -2.51. The third-order valence-electron chi connectivity index (χ3n) is 3.24. The summed E-state index contributed by atoms with van der Waals surface area (Å²) in [5.74, 6) is -0.115. The molecule has 3 heterocycles. The molecule has 7 heteroatoms. The first-order chi connectivity index (χ1) is 10.7. The molecule has 0 N–H and O–H groups in total. The fraction of sp³-hybridized carbons (Fsp3) is 0. The van der Waals surface area contributed by atoms with Gasteiger partial charge in [-0.15, -0.1) is 22.7 Å². The fourth-order valence-electron chi connectivity index (χ4n) is 2.17. The Morgan fingerprint density at radius 3 is 2.91 bits per heavy atom. The van der Waals surface area contributed by atoms with Crippen LogP contribution in [0.1, 0.15) is 15.2 Å². The maximum atomic E-state index is 12.6. The third-order valence-corrected chi connectivity index (χ3v) is 5.39. The zero-order valence-electron chi connectivity index (χ0n) is 11.1. The van der Waals surface area contributed by atoms with Crippen molar-refractivity contribution in [3.05, 3.63) is 63.5 Å². The molecular weight excluding hydrogens is 320 g/mol. The quantitative estimate of drug-likeness (QED) is 0.426. The van der Waals surface area contributed by atoms with Crippen molar-refractivity contribution >= 4 is 39.5 Å². The number of fused-ring (bicyclic) bond motifs is 1. The molecule has 108 valence electrons. The summed E-state index contributed by atoms with van der Waals surface area (Å²) in [5.41, 5.74) is 1.12. The normalized spacial score (nSPS) is 11.1. The molecule has 1 aromatic carbocycles. The van der Waals surface area contributed by atoms with Crippen molar-refractivity contribution < 1.29 is 14.3 Å². The fourth-order valence-corrected chi connectivity index (χ4v) is 3.97. The summed E-state index contributed by atoms with van der Waals surface area (Å²) in [7, 11) is 0. The van der Waals surface area contributed by atoms with Crippen LogP contribution in [0.25, 0.3) is 20.8 Å². The highest BCUT2D eigenvalue weighted by atomic mass is 32.1. The Bertz CT molecular complexity index is 970. The summed E-state index contributed by atoms with van der Waals surface area (Å²) in [4.78, 5) is 15.7. The molecule has 0 fully saturated rings. The van der Waals surface area contributed by atoms with Crippen molar-refractivity contribution in [2.24, 2.45) is 0 Å². The van der Waals surface area contributed by atoms with Crippen LogP contribution < -0.4 is 4.90 Å². The largest absolute Gasteiger partial charge is 0.359 e. The zero-order valence-corrected chi connectivity index (χ0v) is 12.7. The van der Waals surface area contributed by atoms with Crippen LogP contribution in [-0.2, 0) is 0 Å². The molecule has 4 rings (SSSR count). The van der Waals surface area contributed by atoms with Gasteiger partial charge in [-0.05, 0) is 40.6 Å². The van der Waals surface area contributed by atoms with Crippen LogP contribution >= 0.6 is 22.7 Å². The van der Waals surface area contributed by atoms with Gasteiger partial charge >= 0.3 is 0 Å². The van der Waals surface area contributed by atoms with E-state index in [9.17, 15) is 10.0 Å². The Labute approximate surface area is 132 Å². The van der Waals surface area contributed by atoms with Gasteiger partial charge < -0.3 is 5.21 Å². The Morgan fingerprint density at radius 2 is 2.09 bits per heavy atom. The summed E-state index contributed by atoms with van der Waals surface area (Å²) in [6.45, 7) is 0. The maximum absolute atomic E-state index is 12.6. The van der Waals surface area contributed by atoms with E-state index in [4.69, 9.17) is 0 Å². The number of rotatable bonds is 3. The van der Waals surface area contributed by atoms with E-state index in [-0.39, 0.29) is 11.3 Å². The second-order valence-corrected chi connectivity index (χ2v) is 6.64. The van der Waals surface area contributed by atoms with E-state index >= 15 is 0 Å². The smallest absolute Gasteiger partial charge is 0.248 e. The van der Waals surface area contributed by atoms with Gasteiger partial charge in [-0.1, -0.05) is 6.07 Å². The van der Waals surface area contributed by atoms with Crippen molar-refractivity contribution in [3.8, 4) is 9.75 Å². The van der Waals surface area contributed by atoms with Crippen molar-refractivity contribution in [1.29, 1.82) is 0 Å². The van der Waals surface area contributed by atoms with Gasteiger partial charge in [-0.25, -0.2) is 0 Å². The number of nitrogens with zero attached hydrogens (tertiary/aromatic N) is 2. The topological polar surface area (TPSA) is 70.0 Å². The molecule has 0 saturated carbocycles. The van der Waals surface area contributed by atoms with Gasteiger partial charge in [0.25, 0.3) is 0 Å². The second-order valence-electron chi connectivity index (χ2n) is 4.60. The van der Waals surface area contributed by atoms with Crippen molar-refractivity contribution in [2.75, 3.05) is 0 Å². The molecule has 0 saturated heterocycles. The first kappa shape index (κ1) is 13.2. The minimum Gasteiger partial charge on any atom is -0.359 e. The summed E-state index contributed by atoms with van der Waals surface area (Å²) in [6, 6.07) is 12.5. The van der Waals surface area contributed by atoms with Crippen LogP contribution in [0.3, 0.4) is 0 Å². The van der Waals surface area contributed by atoms with Crippen LogP contribution in [0.5, 0.6) is 0 Å². The third kappa shape index (κ3) is 2.11. The van der Waals surface area contributed by atoms with E-state index in [2.05, 4.69) is 9.79 Å². The van der Waals surface area contributed by atoms with Gasteiger partial charge in [-0.2, -0.15) is 0 Å². The number of hydrogen-bond acceptors (Lipinski definition) is 6. The Kier molecular flexibility index (Phi) is 3.02. The standard InChI is InChI=1S/C15H8N2O3S2/c18-15(9-3-4-10-11(8-9)17(19)20-16-10)14-6-5-13(22-14)12-2-1-7-21-12/h1-8H. The lowest BCUT2D eigenvalue weighted by Gasteiger charge is -1.97. The van der Waals surface area contributed by atoms with E-state index < -0.39 is 0 Å². The van der Waals surface area contributed by atoms with Crippen LogP contribution in [0.2, 0.25) is 0 Å². The molecule has 0 aliphatic heterocycles. The molecule has 0 aliphatic rings. The first-order valence-corrected chi connectivity index (χ1v) is 8.10. The van der Waals surface area contributed by atoms with Crippen molar-refractivity contribution in [3.63, 3.8) is 0 Å². The van der Waals surface area contributed by atoms with Gasteiger partial charge in [0.1, 0.15) is 0 Å². The minimum atomic E-state index is -0.115. The molecule has 0 amide bonds. The molecule has 22 heavy (non-hydrogen) atoms. The Balaban J connectivity index is 1.72. The summed E-state index contributed by atoms with van der Waals surface area (Å²) in [5, 5.41) is 17.0. The van der Waals surface area contributed by atoms with Gasteiger partial charge in [0.05, 0.1) is 4.88 Å². The number of ketones is 1. The van der Waals surface area contributed by atoms with Crippen molar-refractivity contribution in [2.45, 2.75) is 0 Å². The predicted molar refractivity (Wildman–Crippen MR) is 84.0 cm³/mol. The van der Waals surface area contributed by atoms with Gasteiger partial charge in [0.2, 0.25) is 16.8 Å². The maximum Gasteiger partial charge on any atom is 0.248 e. The summed E-state index contributed by atoms with van der Waals surface area (Å²) in [6.07, 6.45) is 0. The molecule has 0 bridgehead atoms. The van der Waals surface area contributed by atoms with Crippen LogP contribution in [0.4, 0.5) is 0 Å². The number of carbonyl (C=O) groups is 1. The molecule has 0 aliphatic carbocycles. The average molecular weight is 328 g/mol. The molecule has 4 aromatic rings. The van der Waals surface area contributed by atoms with E-state index in [0.717, 1.165) is 9.75 Å². The number of benzene rings is 1. The average Bonchev–Trinajstić information content (AvgIpc) is 3.27. The monoisotopic (exact) mass is 328 g/mol. The highest BCUT2D eigenvalue weighted by molar-refractivity contribution is 7.22. The first-order valence-electron chi connectivity index (χ1n) is 6.40.